The summed E-state index contributed by atoms with van der Waals surface area (Å²) < 4.78 is 14.4. The summed E-state index contributed by atoms with van der Waals surface area (Å²) in [6, 6.07) is 8.26. The second kappa shape index (κ2) is 5.78. The molecule has 2 nitrogen and oxygen atoms in total. The first-order chi connectivity index (χ1) is 8.59. The van der Waals surface area contributed by atoms with E-state index in [0.29, 0.717) is 15.7 Å². The number of benzene rings is 1. The van der Waals surface area contributed by atoms with Crippen LogP contribution in [0.3, 0.4) is 0 Å². The quantitative estimate of drug-likeness (QED) is 0.925. The van der Waals surface area contributed by atoms with Gasteiger partial charge in [-0.15, -0.1) is 0 Å². The largest absolute Gasteiger partial charge is 0.386 e. The molecule has 0 aliphatic heterocycles. The minimum absolute atomic E-state index is 0.0554. The van der Waals surface area contributed by atoms with Gasteiger partial charge in [0.2, 0.25) is 0 Å². The second-order valence-electron chi connectivity index (χ2n) is 3.80. The highest BCUT2D eigenvalue weighted by atomic mass is 79.9. The topological polar surface area (TPSA) is 33.1 Å². The van der Waals surface area contributed by atoms with Crippen LogP contribution < -0.4 is 0 Å². The molecule has 2 aromatic rings. The van der Waals surface area contributed by atoms with Gasteiger partial charge < -0.3 is 5.11 Å². The zero-order chi connectivity index (χ0) is 13.1. The van der Waals surface area contributed by atoms with Gasteiger partial charge in [0.15, 0.2) is 0 Å². The van der Waals surface area contributed by atoms with Gasteiger partial charge in [-0.1, -0.05) is 23.7 Å². The Kier molecular flexibility index (Phi) is 4.32. The smallest absolute Gasteiger partial charge is 0.145 e. The summed E-state index contributed by atoms with van der Waals surface area (Å²) in [6.07, 6.45) is 0.827. The van der Waals surface area contributed by atoms with Crippen LogP contribution in [0.4, 0.5) is 4.39 Å². The lowest BCUT2D eigenvalue weighted by molar-refractivity contribution is 0.171. The molecule has 0 radical (unpaired) electrons. The Morgan fingerprint density at radius 2 is 2.11 bits per heavy atom. The summed E-state index contributed by atoms with van der Waals surface area (Å²) in [5.74, 6) is -0.495. The van der Waals surface area contributed by atoms with E-state index in [-0.39, 0.29) is 11.4 Å². The molecule has 0 aliphatic rings. The fourth-order valence-electron chi connectivity index (χ4n) is 1.65. The van der Waals surface area contributed by atoms with Gasteiger partial charge in [-0.2, -0.15) is 0 Å². The molecule has 1 aromatic carbocycles. The van der Waals surface area contributed by atoms with Crippen LogP contribution in [0, 0.1) is 5.82 Å². The number of hydrogen-bond acceptors (Lipinski definition) is 2. The minimum atomic E-state index is -0.881. The van der Waals surface area contributed by atoms with Crippen molar-refractivity contribution in [2.24, 2.45) is 0 Å². The van der Waals surface area contributed by atoms with Crippen molar-refractivity contribution in [3.63, 3.8) is 0 Å². The van der Waals surface area contributed by atoms with Crippen molar-refractivity contribution in [3.8, 4) is 0 Å². The summed E-state index contributed by atoms with van der Waals surface area (Å²) >= 11 is 8.99. The Labute approximate surface area is 118 Å². The number of hydrogen-bond donors (Lipinski definition) is 1. The predicted octanol–water partition coefficient (Wildman–Crippen LogP) is 3.91. The first-order valence-corrected chi connectivity index (χ1v) is 6.48. The summed E-state index contributed by atoms with van der Waals surface area (Å²) in [6.45, 7) is 0. The number of aromatic nitrogens is 1. The third-order valence-electron chi connectivity index (χ3n) is 2.55. The molecule has 0 spiro atoms. The zero-order valence-electron chi connectivity index (χ0n) is 9.28. The lowest BCUT2D eigenvalue weighted by atomic mass is 10.0. The maximum Gasteiger partial charge on any atom is 0.145 e. The molecule has 1 N–H and O–H groups in total. The van der Waals surface area contributed by atoms with Gasteiger partial charge in [-0.3, -0.25) is 4.98 Å². The Balaban J connectivity index is 2.24. The van der Waals surface area contributed by atoms with E-state index in [1.807, 2.05) is 0 Å². The van der Waals surface area contributed by atoms with Crippen molar-refractivity contribution in [1.29, 1.82) is 0 Å². The van der Waals surface area contributed by atoms with E-state index in [0.717, 1.165) is 0 Å². The third-order valence-corrected chi connectivity index (χ3v) is 3.51. The molecule has 0 saturated heterocycles. The molecule has 1 atom stereocenters. The summed E-state index contributed by atoms with van der Waals surface area (Å²) in [5, 5.41) is 10.1. The average Bonchev–Trinajstić information content (AvgIpc) is 2.35. The molecule has 2 rings (SSSR count). The lowest BCUT2D eigenvalue weighted by Crippen LogP contribution is -2.06. The maximum absolute atomic E-state index is 13.7. The van der Waals surface area contributed by atoms with Gasteiger partial charge in [0.1, 0.15) is 11.9 Å². The highest BCUT2D eigenvalue weighted by Crippen LogP contribution is 2.26. The predicted molar refractivity (Wildman–Crippen MR) is 72.0 cm³/mol. The Bertz CT molecular complexity index is 564. The molecule has 5 heteroatoms. The SMILES string of the molecule is OC(Cc1cccc(Cl)c1F)c1ncccc1Br. The molecule has 0 amide bonds. The first kappa shape index (κ1) is 13.5. The summed E-state index contributed by atoms with van der Waals surface area (Å²) in [7, 11) is 0. The van der Waals surface area contributed by atoms with E-state index in [9.17, 15) is 9.50 Å². The van der Waals surface area contributed by atoms with Gasteiger partial charge in [0.25, 0.3) is 0 Å². The standard InChI is InChI=1S/C13H10BrClFNO/c14-9-4-2-6-17-13(9)11(18)7-8-3-1-5-10(15)12(8)16/h1-6,11,18H,7H2. The van der Waals surface area contributed by atoms with E-state index in [1.165, 1.54) is 6.07 Å². The highest BCUT2D eigenvalue weighted by molar-refractivity contribution is 9.10. The van der Waals surface area contributed by atoms with Crippen LogP contribution in [0.2, 0.25) is 5.02 Å². The highest BCUT2D eigenvalue weighted by Gasteiger charge is 2.16. The number of aliphatic hydroxyl groups excluding tert-OH is 1. The molecule has 0 bridgehead atoms. The summed E-state index contributed by atoms with van der Waals surface area (Å²) in [5.41, 5.74) is 0.851. The Hall–Kier alpha value is -0.970. The molecule has 0 saturated carbocycles. The molecular weight excluding hydrogens is 321 g/mol. The third kappa shape index (κ3) is 2.88. The van der Waals surface area contributed by atoms with Crippen LogP contribution in [0.15, 0.2) is 41.0 Å². The fourth-order valence-corrected chi connectivity index (χ4v) is 2.37. The zero-order valence-corrected chi connectivity index (χ0v) is 11.6. The Morgan fingerprint density at radius 1 is 1.33 bits per heavy atom. The van der Waals surface area contributed by atoms with Crippen LogP contribution >= 0.6 is 27.5 Å². The molecule has 1 unspecified atom stereocenters. The summed E-state index contributed by atoms with van der Waals surface area (Å²) in [4.78, 5) is 4.07. The Morgan fingerprint density at radius 3 is 2.83 bits per heavy atom. The van der Waals surface area contributed by atoms with Crippen molar-refractivity contribution < 1.29 is 9.50 Å². The normalized spacial score (nSPS) is 12.4. The van der Waals surface area contributed by atoms with Crippen LogP contribution in [0.1, 0.15) is 17.4 Å². The molecule has 1 heterocycles. The number of aliphatic hydroxyl groups is 1. The van der Waals surface area contributed by atoms with Crippen molar-refractivity contribution >= 4 is 27.5 Å². The number of nitrogens with zero attached hydrogens (tertiary/aromatic N) is 1. The van der Waals surface area contributed by atoms with E-state index >= 15 is 0 Å². The minimum Gasteiger partial charge on any atom is -0.386 e. The molecular formula is C13H10BrClFNO. The van der Waals surface area contributed by atoms with Crippen LogP contribution in [0.25, 0.3) is 0 Å². The second-order valence-corrected chi connectivity index (χ2v) is 5.06. The first-order valence-electron chi connectivity index (χ1n) is 5.31. The van der Waals surface area contributed by atoms with E-state index in [2.05, 4.69) is 20.9 Å². The average molecular weight is 331 g/mol. The van der Waals surface area contributed by atoms with Crippen LogP contribution in [-0.4, -0.2) is 10.1 Å². The van der Waals surface area contributed by atoms with Gasteiger partial charge in [0.05, 0.1) is 10.7 Å². The van der Waals surface area contributed by atoms with Gasteiger partial charge in [0, 0.05) is 17.1 Å². The lowest BCUT2D eigenvalue weighted by Gasteiger charge is -2.12. The van der Waals surface area contributed by atoms with Crippen LogP contribution in [-0.2, 0) is 6.42 Å². The monoisotopic (exact) mass is 329 g/mol. The molecule has 0 aliphatic carbocycles. The molecule has 0 fully saturated rings. The number of rotatable bonds is 3. The van der Waals surface area contributed by atoms with Crippen molar-refractivity contribution in [1.82, 2.24) is 4.98 Å². The van der Waals surface area contributed by atoms with Gasteiger partial charge in [-0.25, -0.2) is 4.39 Å². The van der Waals surface area contributed by atoms with E-state index in [1.54, 1.807) is 30.5 Å². The van der Waals surface area contributed by atoms with Crippen molar-refractivity contribution in [2.45, 2.75) is 12.5 Å². The van der Waals surface area contributed by atoms with Gasteiger partial charge >= 0.3 is 0 Å². The number of halogens is 3. The van der Waals surface area contributed by atoms with E-state index < -0.39 is 11.9 Å². The molecule has 1 aromatic heterocycles. The van der Waals surface area contributed by atoms with Crippen LogP contribution in [0.5, 0.6) is 0 Å². The van der Waals surface area contributed by atoms with E-state index in [4.69, 9.17) is 11.6 Å². The fraction of sp³-hybridized carbons (Fsp3) is 0.154. The van der Waals surface area contributed by atoms with Crippen molar-refractivity contribution in [3.05, 3.63) is 63.1 Å². The maximum atomic E-state index is 13.7. The molecule has 18 heavy (non-hydrogen) atoms. The van der Waals surface area contributed by atoms with Gasteiger partial charge in [-0.05, 0) is 39.7 Å². The van der Waals surface area contributed by atoms with Crippen molar-refractivity contribution in [2.75, 3.05) is 0 Å². The number of pyridine rings is 1. The molecule has 94 valence electrons.